The number of amides is 2. The summed E-state index contributed by atoms with van der Waals surface area (Å²) in [6.07, 6.45) is 1.20. The monoisotopic (exact) mass is 362 g/mol. The van der Waals surface area contributed by atoms with Crippen LogP contribution in [0.3, 0.4) is 0 Å². The van der Waals surface area contributed by atoms with Gasteiger partial charge in [-0.2, -0.15) is 0 Å². The normalized spacial score (nSPS) is 26.2. The summed E-state index contributed by atoms with van der Waals surface area (Å²) in [5.41, 5.74) is 0.610. The number of carbonyl (C=O) groups excluding carboxylic acids is 2. The summed E-state index contributed by atoms with van der Waals surface area (Å²) in [7, 11) is 0. The minimum atomic E-state index is -0.679. The van der Waals surface area contributed by atoms with E-state index < -0.39 is 6.04 Å². The Labute approximate surface area is 152 Å². The van der Waals surface area contributed by atoms with Crippen LogP contribution in [-0.2, 0) is 9.59 Å². The maximum atomic E-state index is 12.2. The summed E-state index contributed by atoms with van der Waals surface area (Å²) in [6, 6.07) is 6.23. The number of rotatable bonds is 3. The van der Waals surface area contributed by atoms with Crippen molar-refractivity contribution < 1.29 is 9.59 Å². The molecule has 0 spiro atoms. The predicted octanol–water partition coefficient (Wildman–Crippen LogP) is 2.50. The molecule has 7 heteroatoms. The second-order valence-electron chi connectivity index (χ2n) is 7.07. The first-order valence-electron chi connectivity index (χ1n) is 8.59. The Morgan fingerprint density at radius 1 is 1.36 bits per heavy atom. The van der Waals surface area contributed by atoms with Crippen LogP contribution in [0.5, 0.6) is 0 Å². The van der Waals surface area contributed by atoms with Crippen LogP contribution >= 0.6 is 11.6 Å². The summed E-state index contributed by atoms with van der Waals surface area (Å²) in [5.74, 6) is 1.25. The van der Waals surface area contributed by atoms with E-state index >= 15 is 0 Å². The maximum absolute atomic E-state index is 12.2. The van der Waals surface area contributed by atoms with Crippen molar-refractivity contribution in [1.82, 2.24) is 10.2 Å². The third-order valence-corrected chi connectivity index (χ3v) is 4.71. The van der Waals surface area contributed by atoms with Crippen LogP contribution in [0.25, 0.3) is 0 Å². The fourth-order valence-corrected chi connectivity index (χ4v) is 3.71. The molecule has 2 heterocycles. The molecule has 0 radical (unpaired) electrons. The van der Waals surface area contributed by atoms with E-state index in [-0.39, 0.29) is 18.2 Å². The highest BCUT2D eigenvalue weighted by Crippen LogP contribution is 2.22. The molecule has 0 aromatic heterocycles. The Morgan fingerprint density at radius 2 is 2.08 bits per heavy atom. The number of halogens is 1. The summed E-state index contributed by atoms with van der Waals surface area (Å²) in [6.45, 7) is 6.17. The van der Waals surface area contributed by atoms with Crippen LogP contribution in [0.15, 0.2) is 29.3 Å². The minimum absolute atomic E-state index is 0.0147. The lowest BCUT2D eigenvalue weighted by atomic mass is 9.92. The van der Waals surface area contributed by atoms with E-state index in [2.05, 4.69) is 34.4 Å². The van der Waals surface area contributed by atoms with Gasteiger partial charge in [0, 0.05) is 23.8 Å². The molecule has 134 valence electrons. The third-order valence-electron chi connectivity index (χ3n) is 4.47. The lowest BCUT2D eigenvalue weighted by Gasteiger charge is -2.35. The Hall–Kier alpha value is -2.08. The van der Waals surface area contributed by atoms with Gasteiger partial charge in [-0.15, -0.1) is 0 Å². The average Bonchev–Trinajstić information content (AvgIpc) is 2.87. The molecule has 1 saturated heterocycles. The van der Waals surface area contributed by atoms with E-state index in [1.807, 2.05) is 0 Å². The fourth-order valence-electron chi connectivity index (χ4n) is 3.52. The number of nitrogens with zero attached hydrogens (tertiary/aromatic N) is 2. The molecule has 2 aliphatic heterocycles. The van der Waals surface area contributed by atoms with E-state index in [9.17, 15) is 9.59 Å². The van der Waals surface area contributed by atoms with Crippen LogP contribution in [0.2, 0.25) is 5.02 Å². The standard InChI is InChI=1S/C18H23ClN4O2/c1-11-6-12(2)10-23(9-11)18-21-15(17(25)22-18)8-16(24)20-14-5-3-4-13(19)7-14/h3-5,7,11-12,15H,6,8-10H2,1-2H3,(H,20,24)(H,21,22,25)/t11-,12-,15+/m1/s1. The Morgan fingerprint density at radius 3 is 2.76 bits per heavy atom. The van der Waals surface area contributed by atoms with Gasteiger partial charge in [-0.3, -0.25) is 14.9 Å². The molecule has 6 nitrogen and oxygen atoms in total. The van der Waals surface area contributed by atoms with Crippen LogP contribution in [0.4, 0.5) is 5.69 Å². The van der Waals surface area contributed by atoms with Crippen molar-refractivity contribution in [3.05, 3.63) is 29.3 Å². The minimum Gasteiger partial charge on any atom is -0.342 e. The molecule has 0 saturated carbocycles. The number of benzene rings is 1. The molecule has 25 heavy (non-hydrogen) atoms. The second kappa shape index (κ2) is 7.44. The third kappa shape index (κ3) is 4.51. The fraction of sp³-hybridized carbons (Fsp3) is 0.500. The molecule has 0 unspecified atom stereocenters. The van der Waals surface area contributed by atoms with Gasteiger partial charge in [0.15, 0.2) is 0 Å². The smallest absolute Gasteiger partial charge is 0.252 e. The molecule has 1 fully saturated rings. The van der Waals surface area contributed by atoms with Gasteiger partial charge < -0.3 is 10.2 Å². The Kier molecular flexibility index (Phi) is 5.27. The van der Waals surface area contributed by atoms with Gasteiger partial charge in [0.05, 0.1) is 6.42 Å². The number of hydrogen-bond donors (Lipinski definition) is 2. The average molecular weight is 363 g/mol. The highest BCUT2D eigenvalue weighted by atomic mass is 35.5. The maximum Gasteiger partial charge on any atom is 0.252 e. The lowest BCUT2D eigenvalue weighted by Crippen LogP contribution is -2.47. The zero-order valence-corrected chi connectivity index (χ0v) is 15.2. The van der Waals surface area contributed by atoms with Crippen molar-refractivity contribution >= 4 is 35.1 Å². The number of anilines is 1. The van der Waals surface area contributed by atoms with E-state index in [1.165, 1.54) is 6.42 Å². The van der Waals surface area contributed by atoms with Gasteiger partial charge in [0.2, 0.25) is 11.9 Å². The van der Waals surface area contributed by atoms with Crippen LogP contribution in [-0.4, -0.2) is 41.8 Å². The first kappa shape index (κ1) is 17.7. The molecule has 2 N–H and O–H groups in total. The number of nitrogens with one attached hydrogen (secondary N) is 2. The highest BCUT2D eigenvalue weighted by Gasteiger charge is 2.33. The Balaban J connectivity index is 1.61. The van der Waals surface area contributed by atoms with Crippen molar-refractivity contribution in [3.63, 3.8) is 0 Å². The van der Waals surface area contributed by atoms with E-state index in [0.29, 0.717) is 28.5 Å². The number of carbonyl (C=O) groups is 2. The number of aliphatic imine (C=N–C) groups is 1. The van der Waals surface area contributed by atoms with Crippen molar-refractivity contribution in [2.75, 3.05) is 18.4 Å². The molecule has 2 amide bonds. The van der Waals surface area contributed by atoms with Gasteiger partial charge in [0.1, 0.15) is 6.04 Å². The van der Waals surface area contributed by atoms with Crippen molar-refractivity contribution in [2.45, 2.75) is 32.7 Å². The van der Waals surface area contributed by atoms with Crippen LogP contribution in [0, 0.1) is 11.8 Å². The zero-order chi connectivity index (χ0) is 18.0. The molecule has 3 rings (SSSR count). The number of hydrogen-bond acceptors (Lipinski definition) is 4. The summed E-state index contributed by atoms with van der Waals surface area (Å²) in [5, 5.41) is 6.13. The van der Waals surface area contributed by atoms with E-state index in [1.54, 1.807) is 24.3 Å². The van der Waals surface area contributed by atoms with E-state index in [4.69, 9.17) is 11.6 Å². The van der Waals surface area contributed by atoms with Gasteiger partial charge in [-0.1, -0.05) is 31.5 Å². The van der Waals surface area contributed by atoms with Gasteiger partial charge in [0.25, 0.3) is 5.91 Å². The predicted molar refractivity (Wildman–Crippen MR) is 98.6 cm³/mol. The summed E-state index contributed by atoms with van der Waals surface area (Å²) < 4.78 is 0. The number of likely N-dealkylation sites (tertiary alicyclic amines) is 1. The number of guanidine groups is 1. The number of piperidine rings is 1. The van der Waals surface area contributed by atoms with Gasteiger partial charge >= 0.3 is 0 Å². The first-order valence-corrected chi connectivity index (χ1v) is 8.97. The lowest BCUT2D eigenvalue weighted by molar-refractivity contribution is -0.124. The van der Waals surface area contributed by atoms with Gasteiger partial charge in [-0.25, -0.2) is 4.99 Å². The molecule has 3 atom stereocenters. The molecule has 2 aliphatic rings. The van der Waals surface area contributed by atoms with Gasteiger partial charge in [-0.05, 0) is 36.5 Å². The quantitative estimate of drug-likeness (QED) is 0.867. The van der Waals surface area contributed by atoms with Crippen molar-refractivity contribution in [3.8, 4) is 0 Å². The molecular formula is C18H23ClN4O2. The summed E-state index contributed by atoms with van der Waals surface area (Å²) in [4.78, 5) is 30.9. The highest BCUT2D eigenvalue weighted by molar-refractivity contribution is 6.30. The van der Waals surface area contributed by atoms with Crippen molar-refractivity contribution in [1.29, 1.82) is 0 Å². The molecule has 0 aliphatic carbocycles. The molecule has 0 bridgehead atoms. The molecule has 1 aromatic rings. The second-order valence-corrected chi connectivity index (χ2v) is 7.51. The van der Waals surface area contributed by atoms with E-state index in [0.717, 1.165) is 13.1 Å². The Bertz CT molecular complexity index is 696. The molecule has 1 aromatic carbocycles. The SMILES string of the molecule is C[C@@H]1C[C@@H](C)CN(C2=N[C@@H](CC(=O)Nc3cccc(Cl)c3)C(=O)N2)C1. The zero-order valence-electron chi connectivity index (χ0n) is 14.5. The topological polar surface area (TPSA) is 73.8 Å². The van der Waals surface area contributed by atoms with Crippen LogP contribution < -0.4 is 10.6 Å². The van der Waals surface area contributed by atoms with Crippen molar-refractivity contribution in [2.24, 2.45) is 16.8 Å². The largest absolute Gasteiger partial charge is 0.342 e. The first-order chi connectivity index (χ1) is 11.9. The van der Waals surface area contributed by atoms with Crippen LogP contribution in [0.1, 0.15) is 26.7 Å². The molecular weight excluding hydrogens is 340 g/mol. The summed E-state index contributed by atoms with van der Waals surface area (Å²) >= 11 is 5.91.